The van der Waals surface area contributed by atoms with Gasteiger partial charge in [-0.15, -0.1) is 0 Å². The zero-order valence-electron chi connectivity index (χ0n) is 8.62. The second-order valence-corrected chi connectivity index (χ2v) is 4.11. The fourth-order valence-electron chi connectivity index (χ4n) is 1.59. The van der Waals surface area contributed by atoms with Gasteiger partial charge < -0.3 is 10.6 Å². The summed E-state index contributed by atoms with van der Waals surface area (Å²) in [6, 6.07) is 0.209. The van der Waals surface area contributed by atoms with E-state index in [1.165, 1.54) is 0 Å². The number of carbonyl (C=O) groups is 1. The second kappa shape index (κ2) is 4.61. The summed E-state index contributed by atoms with van der Waals surface area (Å²) in [7, 11) is 0. The molecule has 0 bridgehead atoms. The number of likely N-dealkylation sites (tertiary alicyclic amines) is 1. The van der Waals surface area contributed by atoms with Gasteiger partial charge in [0.2, 0.25) is 5.91 Å². The Hall–Kier alpha value is -0.570. The van der Waals surface area contributed by atoms with Gasteiger partial charge in [-0.05, 0) is 12.3 Å². The van der Waals surface area contributed by atoms with Gasteiger partial charge in [0.05, 0.1) is 0 Å². The van der Waals surface area contributed by atoms with E-state index < -0.39 is 0 Å². The number of nitrogens with zero attached hydrogens (tertiary/aromatic N) is 1. The number of carbonyl (C=O) groups excluding carboxylic acids is 1. The molecule has 3 heteroatoms. The molecule has 0 unspecified atom stereocenters. The first-order valence-corrected chi connectivity index (χ1v) is 5.16. The fourth-order valence-corrected chi connectivity index (χ4v) is 1.59. The number of hydrogen-bond acceptors (Lipinski definition) is 2. The average molecular weight is 184 g/mol. The Bertz CT molecular complexity index is 182. The Balaban J connectivity index is 2.31. The lowest BCUT2D eigenvalue weighted by atomic mass is 10.0. The molecule has 0 aromatic rings. The van der Waals surface area contributed by atoms with Crippen LogP contribution in [0.25, 0.3) is 0 Å². The highest BCUT2D eigenvalue weighted by Crippen LogP contribution is 2.13. The molecule has 0 aromatic heterocycles. The minimum atomic E-state index is 0.209. The lowest BCUT2D eigenvalue weighted by Gasteiger charge is -2.17. The minimum absolute atomic E-state index is 0.209. The molecule has 0 aliphatic carbocycles. The molecule has 0 saturated carbocycles. The summed E-state index contributed by atoms with van der Waals surface area (Å²) in [4.78, 5) is 13.5. The Morgan fingerprint density at radius 1 is 1.69 bits per heavy atom. The third-order valence-corrected chi connectivity index (χ3v) is 2.80. The number of amides is 1. The van der Waals surface area contributed by atoms with E-state index in [0.29, 0.717) is 12.3 Å². The molecule has 1 aliphatic heterocycles. The molecule has 0 aromatic carbocycles. The third-order valence-electron chi connectivity index (χ3n) is 2.80. The van der Waals surface area contributed by atoms with Gasteiger partial charge >= 0.3 is 0 Å². The molecule has 0 radical (unpaired) electrons. The first kappa shape index (κ1) is 10.5. The predicted molar refractivity (Wildman–Crippen MR) is 53.2 cm³/mol. The van der Waals surface area contributed by atoms with Crippen molar-refractivity contribution in [1.82, 2.24) is 4.90 Å². The van der Waals surface area contributed by atoms with E-state index in [1.54, 1.807) is 0 Å². The molecule has 2 atom stereocenters. The van der Waals surface area contributed by atoms with Crippen LogP contribution in [0.1, 0.15) is 33.1 Å². The topological polar surface area (TPSA) is 46.3 Å². The Morgan fingerprint density at radius 2 is 2.38 bits per heavy atom. The van der Waals surface area contributed by atoms with E-state index in [-0.39, 0.29) is 11.9 Å². The van der Waals surface area contributed by atoms with Crippen LogP contribution in [0.2, 0.25) is 0 Å². The number of hydrogen-bond donors (Lipinski definition) is 1. The van der Waals surface area contributed by atoms with Crippen LogP contribution in [0, 0.1) is 5.92 Å². The summed E-state index contributed by atoms with van der Waals surface area (Å²) in [6.07, 6.45) is 2.72. The van der Waals surface area contributed by atoms with Gasteiger partial charge in [0.1, 0.15) is 0 Å². The monoisotopic (exact) mass is 184 g/mol. The molecule has 1 fully saturated rings. The first-order valence-electron chi connectivity index (χ1n) is 5.16. The summed E-state index contributed by atoms with van der Waals surface area (Å²) in [5.41, 5.74) is 5.73. The summed E-state index contributed by atoms with van der Waals surface area (Å²) in [5.74, 6) is 0.784. The highest BCUT2D eigenvalue weighted by molar-refractivity contribution is 5.76. The molecule has 76 valence electrons. The smallest absolute Gasteiger partial charge is 0.222 e. The van der Waals surface area contributed by atoms with Crippen LogP contribution in [-0.2, 0) is 4.79 Å². The molecule has 1 saturated heterocycles. The van der Waals surface area contributed by atoms with Crippen LogP contribution < -0.4 is 5.73 Å². The summed E-state index contributed by atoms with van der Waals surface area (Å²) < 4.78 is 0. The third kappa shape index (κ3) is 2.99. The Morgan fingerprint density at radius 3 is 2.85 bits per heavy atom. The largest absolute Gasteiger partial charge is 0.341 e. The van der Waals surface area contributed by atoms with Gasteiger partial charge in [-0.25, -0.2) is 0 Å². The van der Waals surface area contributed by atoms with Gasteiger partial charge in [0.15, 0.2) is 0 Å². The predicted octanol–water partition coefficient (Wildman–Crippen LogP) is 0.982. The van der Waals surface area contributed by atoms with Crippen molar-refractivity contribution in [2.45, 2.75) is 39.2 Å². The molecule has 1 heterocycles. The van der Waals surface area contributed by atoms with E-state index in [4.69, 9.17) is 5.73 Å². The molecule has 1 rings (SSSR count). The van der Waals surface area contributed by atoms with Crippen LogP contribution >= 0.6 is 0 Å². The zero-order valence-corrected chi connectivity index (χ0v) is 8.62. The van der Waals surface area contributed by atoms with Crippen LogP contribution in [0.15, 0.2) is 0 Å². The van der Waals surface area contributed by atoms with E-state index in [2.05, 4.69) is 13.8 Å². The van der Waals surface area contributed by atoms with Crippen molar-refractivity contribution in [3.8, 4) is 0 Å². The standard InChI is InChI=1S/C10H20N2O/c1-3-8(2)6-10(13)12-5-4-9(11)7-12/h8-9H,3-7,11H2,1-2H3/t8-,9+/m0/s1. The van der Waals surface area contributed by atoms with Crippen molar-refractivity contribution in [2.75, 3.05) is 13.1 Å². The van der Waals surface area contributed by atoms with Crippen molar-refractivity contribution < 1.29 is 4.79 Å². The van der Waals surface area contributed by atoms with Crippen LogP contribution in [0.5, 0.6) is 0 Å². The van der Waals surface area contributed by atoms with Gasteiger partial charge in [-0.1, -0.05) is 20.3 Å². The highest BCUT2D eigenvalue weighted by Gasteiger charge is 2.23. The van der Waals surface area contributed by atoms with E-state index in [0.717, 1.165) is 25.9 Å². The molecule has 2 N–H and O–H groups in total. The van der Waals surface area contributed by atoms with Crippen molar-refractivity contribution >= 4 is 5.91 Å². The van der Waals surface area contributed by atoms with Crippen molar-refractivity contribution in [1.29, 1.82) is 0 Å². The Labute approximate surface area is 80.3 Å². The number of nitrogens with two attached hydrogens (primary N) is 1. The minimum Gasteiger partial charge on any atom is -0.341 e. The average Bonchev–Trinajstić information content (AvgIpc) is 2.51. The molecule has 1 amide bonds. The van der Waals surface area contributed by atoms with Crippen molar-refractivity contribution in [3.05, 3.63) is 0 Å². The molecular weight excluding hydrogens is 164 g/mol. The lowest BCUT2D eigenvalue weighted by molar-refractivity contribution is -0.131. The zero-order chi connectivity index (χ0) is 9.84. The SMILES string of the molecule is CC[C@H](C)CC(=O)N1CC[C@@H](N)C1. The molecular formula is C10H20N2O. The molecule has 0 spiro atoms. The molecule has 3 nitrogen and oxygen atoms in total. The Kier molecular flexibility index (Phi) is 3.72. The van der Waals surface area contributed by atoms with Gasteiger partial charge in [-0.2, -0.15) is 0 Å². The van der Waals surface area contributed by atoms with Gasteiger partial charge in [-0.3, -0.25) is 4.79 Å². The lowest BCUT2D eigenvalue weighted by Crippen LogP contribution is -2.32. The van der Waals surface area contributed by atoms with Gasteiger partial charge in [0, 0.05) is 25.6 Å². The van der Waals surface area contributed by atoms with Crippen LogP contribution in [0.4, 0.5) is 0 Å². The summed E-state index contributed by atoms with van der Waals surface area (Å²) in [5, 5.41) is 0. The van der Waals surface area contributed by atoms with E-state index >= 15 is 0 Å². The summed E-state index contributed by atoms with van der Waals surface area (Å²) >= 11 is 0. The normalized spacial score (nSPS) is 24.8. The molecule has 13 heavy (non-hydrogen) atoms. The van der Waals surface area contributed by atoms with Crippen molar-refractivity contribution in [3.63, 3.8) is 0 Å². The maximum atomic E-state index is 11.6. The van der Waals surface area contributed by atoms with E-state index in [1.807, 2.05) is 4.90 Å². The summed E-state index contributed by atoms with van der Waals surface area (Å²) in [6.45, 7) is 5.85. The first-order chi connectivity index (χ1) is 6.13. The quantitative estimate of drug-likeness (QED) is 0.710. The van der Waals surface area contributed by atoms with Crippen LogP contribution in [-0.4, -0.2) is 29.9 Å². The highest BCUT2D eigenvalue weighted by atomic mass is 16.2. The maximum absolute atomic E-state index is 11.6. The fraction of sp³-hybridized carbons (Fsp3) is 0.900. The second-order valence-electron chi connectivity index (χ2n) is 4.11. The van der Waals surface area contributed by atoms with E-state index in [9.17, 15) is 4.79 Å². The van der Waals surface area contributed by atoms with Gasteiger partial charge in [0.25, 0.3) is 0 Å². The number of rotatable bonds is 3. The van der Waals surface area contributed by atoms with Crippen LogP contribution in [0.3, 0.4) is 0 Å². The maximum Gasteiger partial charge on any atom is 0.222 e. The van der Waals surface area contributed by atoms with Crippen molar-refractivity contribution in [2.24, 2.45) is 11.7 Å². The molecule has 1 aliphatic rings.